The van der Waals surface area contributed by atoms with Crippen LogP contribution < -0.4 is 14.4 Å². The third-order valence-corrected chi connectivity index (χ3v) is 5.35. The third kappa shape index (κ3) is 4.39. The number of carbonyl (C=O) groups is 2. The van der Waals surface area contributed by atoms with Crippen molar-refractivity contribution >= 4 is 45.6 Å². The SMILES string of the molecule is CC(=O)N(c1cccc(Cl)c1)c1nc(COC(=O)c2ccc3c(c2)OCCO3)cs1. The number of ether oxygens (including phenoxy) is 3. The van der Waals surface area contributed by atoms with Crippen LogP contribution in [0.5, 0.6) is 11.5 Å². The Morgan fingerprint density at radius 2 is 1.97 bits per heavy atom. The predicted molar refractivity (Wildman–Crippen MR) is 113 cm³/mol. The fourth-order valence-corrected chi connectivity index (χ4v) is 3.96. The number of aromatic nitrogens is 1. The molecule has 0 fully saturated rings. The van der Waals surface area contributed by atoms with E-state index in [0.717, 1.165) is 0 Å². The standard InChI is InChI=1S/C21H17ClN2O5S/c1-13(25)24(17-4-2-3-15(22)10-17)21-23-16(12-30-21)11-29-20(26)14-5-6-18-19(9-14)28-8-7-27-18/h2-6,9-10,12H,7-8,11H2,1H3. The molecule has 4 rings (SSSR count). The number of carbonyl (C=O) groups excluding carboxylic acids is 2. The van der Waals surface area contributed by atoms with Gasteiger partial charge >= 0.3 is 5.97 Å². The fraction of sp³-hybridized carbons (Fsp3) is 0.190. The quantitative estimate of drug-likeness (QED) is 0.535. The first-order valence-corrected chi connectivity index (χ1v) is 10.3. The smallest absolute Gasteiger partial charge is 0.338 e. The summed E-state index contributed by atoms with van der Waals surface area (Å²) in [7, 11) is 0. The van der Waals surface area contributed by atoms with Crippen molar-refractivity contribution in [1.29, 1.82) is 0 Å². The molecule has 0 bridgehead atoms. The number of hydrogen-bond acceptors (Lipinski definition) is 7. The van der Waals surface area contributed by atoms with Crippen LogP contribution in [-0.2, 0) is 16.1 Å². The largest absolute Gasteiger partial charge is 0.486 e. The molecule has 3 aromatic rings. The third-order valence-electron chi connectivity index (χ3n) is 4.24. The van der Waals surface area contributed by atoms with Gasteiger partial charge in [-0.05, 0) is 36.4 Å². The number of thiazole rings is 1. The highest BCUT2D eigenvalue weighted by molar-refractivity contribution is 7.14. The molecule has 0 spiro atoms. The topological polar surface area (TPSA) is 78.0 Å². The van der Waals surface area contributed by atoms with Gasteiger partial charge in [-0.25, -0.2) is 9.78 Å². The Hall–Kier alpha value is -3.10. The number of fused-ring (bicyclic) bond motifs is 1. The molecule has 0 unspecified atom stereocenters. The van der Waals surface area contributed by atoms with Gasteiger partial charge in [0.15, 0.2) is 16.6 Å². The van der Waals surface area contributed by atoms with E-state index in [4.69, 9.17) is 25.8 Å². The van der Waals surface area contributed by atoms with E-state index in [1.807, 2.05) is 0 Å². The van der Waals surface area contributed by atoms with E-state index in [-0.39, 0.29) is 12.5 Å². The number of amides is 1. The number of halogens is 1. The van der Waals surface area contributed by atoms with Crippen molar-refractivity contribution in [2.75, 3.05) is 18.1 Å². The van der Waals surface area contributed by atoms with Gasteiger partial charge in [-0.3, -0.25) is 9.69 Å². The Morgan fingerprint density at radius 1 is 1.17 bits per heavy atom. The zero-order valence-corrected chi connectivity index (χ0v) is 17.5. The van der Waals surface area contributed by atoms with Crippen molar-refractivity contribution in [3.63, 3.8) is 0 Å². The zero-order valence-electron chi connectivity index (χ0n) is 16.0. The van der Waals surface area contributed by atoms with E-state index in [2.05, 4.69) is 4.98 Å². The maximum atomic E-state index is 12.4. The molecule has 0 aliphatic carbocycles. The van der Waals surface area contributed by atoms with E-state index < -0.39 is 5.97 Å². The number of benzene rings is 2. The summed E-state index contributed by atoms with van der Waals surface area (Å²) in [4.78, 5) is 30.5. The summed E-state index contributed by atoms with van der Waals surface area (Å²) in [6.45, 7) is 2.34. The van der Waals surface area contributed by atoms with Crippen molar-refractivity contribution < 1.29 is 23.8 Å². The van der Waals surface area contributed by atoms with Crippen molar-refractivity contribution in [2.45, 2.75) is 13.5 Å². The van der Waals surface area contributed by atoms with Crippen molar-refractivity contribution in [2.24, 2.45) is 0 Å². The second-order valence-corrected chi connectivity index (χ2v) is 7.66. The summed E-state index contributed by atoms with van der Waals surface area (Å²) in [6.07, 6.45) is 0. The molecule has 0 saturated heterocycles. The minimum atomic E-state index is -0.500. The van der Waals surface area contributed by atoms with Crippen LogP contribution in [0.3, 0.4) is 0 Å². The number of nitrogens with zero attached hydrogens (tertiary/aromatic N) is 2. The first-order valence-electron chi connectivity index (χ1n) is 9.09. The molecule has 0 N–H and O–H groups in total. The average molecular weight is 445 g/mol. The first kappa shape index (κ1) is 20.2. The van der Waals surface area contributed by atoms with Crippen molar-refractivity contribution in [3.8, 4) is 11.5 Å². The number of anilines is 2. The van der Waals surface area contributed by atoms with Gasteiger partial charge in [-0.2, -0.15) is 0 Å². The predicted octanol–water partition coefficient (Wildman–Crippen LogP) is 4.61. The molecule has 7 nitrogen and oxygen atoms in total. The van der Waals surface area contributed by atoms with E-state index in [1.54, 1.807) is 47.8 Å². The van der Waals surface area contributed by atoms with Crippen LogP contribution >= 0.6 is 22.9 Å². The van der Waals surface area contributed by atoms with E-state index in [1.165, 1.54) is 23.2 Å². The summed E-state index contributed by atoms with van der Waals surface area (Å²) in [5.41, 5.74) is 1.51. The van der Waals surface area contributed by atoms with Gasteiger partial charge in [-0.15, -0.1) is 11.3 Å². The molecule has 1 amide bonds. The molecule has 2 heterocycles. The van der Waals surface area contributed by atoms with Crippen molar-refractivity contribution in [1.82, 2.24) is 4.98 Å². The number of esters is 1. The van der Waals surface area contributed by atoms with Crippen LogP contribution in [-0.4, -0.2) is 30.1 Å². The minimum absolute atomic E-state index is 0.0228. The highest BCUT2D eigenvalue weighted by Crippen LogP contribution is 2.32. The lowest BCUT2D eigenvalue weighted by atomic mass is 10.2. The molecule has 9 heteroatoms. The van der Waals surface area contributed by atoms with Gasteiger partial charge in [0.25, 0.3) is 0 Å². The minimum Gasteiger partial charge on any atom is -0.486 e. The lowest BCUT2D eigenvalue weighted by Gasteiger charge is -2.18. The molecular formula is C21H17ClN2O5S. The van der Waals surface area contributed by atoms with Crippen LogP contribution in [0.25, 0.3) is 0 Å². The van der Waals surface area contributed by atoms with Gasteiger partial charge in [0.05, 0.1) is 16.9 Å². The lowest BCUT2D eigenvalue weighted by Crippen LogP contribution is -2.22. The molecule has 30 heavy (non-hydrogen) atoms. The van der Waals surface area contributed by atoms with Gasteiger partial charge in [0.1, 0.15) is 19.8 Å². The van der Waals surface area contributed by atoms with Gasteiger partial charge in [-0.1, -0.05) is 17.7 Å². The Morgan fingerprint density at radius 3 is 2.73 bits per heavy atom. The molecular weight excluding hydrogens is 428 g/mol. The summed E-state index contributed by atoms with van der Waals surface area (Å²) in [5, 5.41) is 2.73. The molecule has 1 aromatic heterocycles. The highest BCUT2D eigenvalue weighted by Gasteiger charge is 2.20. The molecule has 2 aromatic carbocycles. The molecule has 0 radical (unpaired) electrons. The average Bonchev–Trinajstić information content (AvgIpc) is 3.20. The van der Waals surface area contributed by atoms with E-state index in [0.29, 0.717) is 51.8 Å². The molecule has 0 atom stereocenters. The van der Waals surface area contributed by atoms with Gasteiger partial charge in [0, 0.05) is 17.3 Å². The van der Waals surface area contributed by atoms with Crippen molar-refractivity contribution in [3.05, 3.63) is 64.1 Å². The Kier molecular flexibility index (Phi) is 5.87. The first-order chi connectivity index (χ1) is 14.5. The van der Waals surface area contributed by atoms with Crippen LogP contribution in [0.1, 0.15) is 23.0 Å². The number of rotatable bonds is 5. The monoisotopic (exact) mass is 444 g/mol. The van der Waals surface area contributed by atoms with E-state index in [9.17, 15) is 9.59 Å². The Labute approximate surface area is 181 Å². The highest BCUT2D eigenvalue weighted by atomic mass is 35.5. The lowest BCUT2D eigenvalue weighted by molar-refractivity contribution is -0.115. The van der Waals surface area contributed by atoms with Gasteiger partial charge < -0.3 is 14.2 Å². The molecule has 1 aliphatic heterocycles. The Bertz CT molecular complexity index is 1100. The molecule has 154 valence electrons. The van der Waals surface area contributed by atoms with Crippen LogP contribution in [0.15, 0.2) is 47.8 Å². The summed E-state index contributed by atoms with van der Waals surface area (Å²) >= 11 is 7.32. The normalized spacial score (nSPS) is 12.3. The second kappa shape index (κ2) is 8.73. The maximum Gasteiger partial charge on any atom is 0.338 e. The van der Waals surface area contributed by atoms with Crippen LogP contribution in [0.4, 0.5) is 10.8 Å². The fourth-order valence-electron chi connectivity index (χ4n) is 2.90. The summed E-state index contributed by atoms with van der Waals surface area (Å²) < 4.78 is 16.3. The van der Waals surface area contributed by atoms with E-state index >= 15 is 0 Å². The van der Waals surface area contributed by atoms with Gasteiger partial charge in [0.2, 0.25) is 5.91 Å². The number of hydrogen-bond donors (Lipinski definition) is 0. The second-order valence-electron chi connectivity index (χ2n) is 6.39. The Balaban J connectivity index is 1.45. The summed E-state index contributed by atoms with van der Waals surface area (Å²) in [6, 6.07) is 11.9. The summed E-state index contributed by atoms with van der Waals surface area (Å²) in [5.74, 6) is 0.420. The molecule has 0 saturated carbocycles. The van der Waals surface area contributed by atoms with Crippen LogP contribution in [0.2, 0.25) is 5.02 Å². The zero-order chi connectivity index (χ0) is 21.1. The molecule has 1 aliphatic rings. The van der Waals surface area contributed by atoms with Crippen LogP contribution in [0, 0.1) is 0 Å². The maximum absolute atomic E-state index is 12.4.